The number of halogens is 1. The van der Waals surface area contributed by atoms with E-state index in [1.165, 1.54) is 16.8 Å². The predicted molar refractivity (Wildman–Crippen MR) is 103 cm³/mol. The van der Waals surface area contributed by atoms with Crippen LogP contribution in [-0.4, -0.2) is 20.3 Å². The summed E-state index contributed by atoms with van der Waals surface area (Å²) in [5, 5.41) is 4.99. The van der Waals surface area contributed by atoms with Crippen molar-refractivity contribution in [2.24, 2.45) is 5.73 Å². The lowest BCUT2D eigenvalue weighted by atomic mass is 10.2. The van der Waals surface area contributed by atoms with Gasteiger partial charge in [0.05, 0.1) is 23.0 Å². The van der Waals surface area contributed by atoms with Gasteiger partial charge in [-0.1, -0.05) is 12.1 Å². The van der Waals surface area contributed by atoms with Crippen LogP contribution >= 0.6 is 11.3 Å². The minimum absolute atomic E-state index is 0.0462. The Labute approximate surface area is 157 Å². The standard InChI is InChI=1S/C19H17FN4O2S/c1-11-8-15-18(27-11)14-9-22-24(7-6-16(21)25)19(26)17(14)23(15)10-12-2-4-13(20)5-3-12/h2-5,8-9H,6-7,10H2,1H3,(H2,21,25). The molecule has 2 N–H and O–H groups in total. The average Bonchev–Trinajstić information content (AvgIpc) is 3.13. The first kappa shape index (κ1) is 17.4. The predicted octanol–water partition coefficient (Wildman–Crippen LogP) is 2.78. The first-order valence-electron chi connectivity index (χ1n) is 8.45. The van der Waals surface area contributed by atoms with E-state index in [1.54, 1.807) is 29.7 Å². The molecule has 0 saturated carbocycles. The maximum atomic E-state index is 13.2. The number of fused-ring (bicyclic) bond motifs is 3. The van der Waals surface area contributed by atoms with E-state index >= 15 is 0 Å². The molecule has 0 unspecified atom stereocenters. The molecule has 0 aliphatic rings. The summed E-state index contributed by atoms with van der Waals surface area (Å²) in [6, 6.07) is 8.27. The zero-order valence-electron chi connectivity index (χ0n) is 14.6. The minimum Gasteiger partial charge on any atom is -0.370 e. The van der Waals surface area contributed by atoms with E-state index in [2.05, 4.69) is 5.10 Å². The van der Waals surface area contributed by atoms with Crippen LogP contribution in [0.25, 0.3) is 21.1 Å². The second-order valence-corrected chi connectivity index (χ2v) is 7.69. The van der Waals surface area contributed by atoms with Gasteiger partial charge in [0.1, 0.15) is 11.3 Å². The van der Waals surface area contributed by atoms with Gasteiger partial charge in [-0.15, -0.1) is 11.3 Å². The molecular formula is C19H17FN4O2S. The normalized spacial score (nSPS) is 11.5. The van der Waals surface area contributed by atoms with Gasteiger partial charge in [0, 0.05) is 23.2 Å². The Kier molecular flexibility index (Phi) is 4.27. The van der Waals surface area contributed by atoms with Crippen molar-refractivity contribution < 1.29 is 9.18 Å². The van der Waals surface area contributed by atoms with Crippen molar-refractivity contribution in [2.75, 3.05) is 0 Å². The highest BCUT2D eigenvalue weighted by molar-refractivity contribution is 7.20. The molecule has 138 valence electrons. The SMILES string of the molecule is Cc1cc2c(s1)c1cnn(CCC(N)=O)c(=O)c1n2Cc1ccc(F)cc1. The maximum absolute atomic E-state index is 13.2. The van der Waals surface area contributed by atoms with Gasteiger partial charge in [0.2, 0.25) is 5.91 Å². The quantitative estimate of drug-likeness (QED) is 0.574. The van der Waals surface area contributed by atoms with E-state index in [9.17, 15) is 14.0 Å². The number of hydrogen-bond acceptors (Lipinski definition) is 4. The topological polar surface area (TPSA) is 82.9 Å². The first-order valence-corrected chi connectivity index (χ1v) is 9.27. The van der Waals surface area contributed by atoms with Crippen molar-refractivity contribution >= 4 is 38.4 Å². The summed E-state index contributed by atoms with van der Waals surface area (Å²) in [4.78, 5) is 25.2. The molecule has 6 nitrogen and oxygen atoms in total. The Morgan fingerprint density at radius 3 is 2.74 bits per heavy atom. The number of hydrogen-bond donors (Lipinski definition) is 1. The molecule has 1 amide bonds. The Morgan fingerprint density at radius 1 is 1.30 bits per heavy atom. The molecule has 8 heteroatoms. The number of nitrogens with two attached hydrogens (primary N) is 1. The van der Waals surface area contributed by atoms with Crippen molar-refractivity contribution in [3.05, 3.63) is 63.1 Å². The molecule has 0 aliphatic carbocycles. The lowest BCUT2D eigenvalue weighted by Crippen LogP contribution is -2.26. The van der Waals surface area contributed by atoms with Gasteiger partial charge in [-0.05, 0) is 30.7 Å². The van der Waals surface area contributed by atoms with Crippen LogP contribution in [0.4, 0.5) is 4.39 Å². The second kappa shape index (κ2) is 6.62. The van der Waals surface area contributed by atoms with E-state index in [0.29, 0.717) is 12.1 Å². The number of benzene rings is 1. The maximum Gasteiger partial charge on any atom is 0.291 e. The summed E-state index contributed by atoms with van der Waals surface area (Å²) in [5.74, 6) is -0.784. The van der Waals surface area contributed by atoms with E-state index in [1.807, 2.05) is 17.6 Å². The minimum atomic E-state index is -0.484. The number of primary amides is 1. The molecule has 0 aliphatic heterocycles. The molecule has 3 aromatic heterocycles. The molecule has 0 bridgehead atoms. The molecule has 27 heavy (non-hydrogen) atoms. The van der Waals surface area contributed by atoms with Gasteiger partial charge < -0.3 is 10.3 Å². The van der Waals surface area contributed by atoms with Crippen molar-refractivity contribution in [3.63, 3.8) is 0 Å². The Bertz CT molecular complexity index is 1220. The lowest BCUT2D eigenvalue weighted by molar-refractivity contribution is -0.118. The molecule has 0 spiro atoms. The molecule has 0 saturated heterocycles. The summed E-state index contributed by atoms with van der Waals surface area (Å²) >= 11 is 1.61. The second-order valence-electron chi connectivity index (χ2n) is 6.44. The number of amides is 1. The van der Waals surface area contributed by atoms with E-state index < -0.39 is 5.91 Å². The molecule has 3 heterocycles. The third-order valence-electron chi connectivity index (χ3n) is 4.48. The lowest BCUT2D eigenvalue weighted by Gasteiger charge is -2.08. The third-order valence-corrected chi connectivity index (χ3v) is 5.56. The van der Waals surface area contributed by atoms with Gasteiger partial charge >= 0.3 is 0 Å². The van der Waals surface area contributed by atoms with Crippen molar-refractivity contribution in [1.82, 2.24) is 14.3 Å². The Balaban J connectivity index is 1.91. The molecular weight excluding hydrogens is 367 g/mol. The number of rotatable bonds is 5. The Hall–Kier alpha value is -3.00. The summed E-state index contributed by atoms with van der Waals surface area (Å²) in [7, 11) is 0. The van der Waals surface area contributed by atoms with E-state index in [0.717, 1.165) is 26.0 Å². The fourth-order valence-corrected chi connectivity index (χ4v) is 4.26. The molecule has 1 aromatic carbocycles. The zero-order valence-corrected chi connectivity index (χ0v) is 15.4. The largest absolute Gasteiger partial charge is 0.370 e. The molecule has 4 rings (SSSR count). The number of carbonyl (C=O) groups is 1. The van der Waals surface area contributed by atoms with Crippen LogP contribution in [0.1, 0.15) is 16.9 Å². The average molecular weight is 384 g/mol. The van der Waals surface area contributed by atoms with Crippen LogP contribution in [0, 0.1) is 12.7 Å². The first-order chi connectivity index (χ1) is 12.9. The number of aryl methyl sites for hydroxylation is 2. The monoisotopic (exact) mass is 384 g/mol. The molecule has 0 atom stereocenters. The molecule has 4 aromatic rings. The van der Waals surface area contributed by atoms with Gasteiger partial charge in [0.25, 0.3) is 5.56 Å². The van der Waals surface area contributed by atoms with Crippen LogP contribution in [0.15, 0.2) is 41.3 Å². The number of aromatic nitrogens is 3. The number of nitrogens with zero attached hydrogens (tertiary/aromatic N) is 3. The van der Waals surface area contributed by atoms with Gasteiger partial charge in [0.15, 0.2) is 0 Å². The zero-order chi connectivity index (χ0) is 19.1. The fraction of sp³-hybridized carbons (Fsp3) is 0.211. The molecule has 0 radical (unpaired) electrons. The highest BCUT2D eigenvalue weighted by atomic mass is 32.1. The summed E-state index contributed by atoms with van der Waals surface area (Å²) < 4.78 is 17.4. The fourth-order valence-electron chi connectivity index (χ4n) is 3.23. The highest BCUT2D eigenvalue weighted by Gasteiger charge is 2.18. The smallest absolute Gasteiger partial charge is 0.291 e. The van der Waals surface area contributed by atoms with Gasteiger partial charge in [-0.3, -0.25) is 9.59 Å². The van der Waals surface area contributed by atoms with Crippen LogP contribution in [-0.2, 0) is 17.9 Å². The summed E-state index contributed by atoms with van der Waals surface area (Å²) in [6.07, 6.45) is 1.71. The van der Waals surface area contributed by atoms with E-state index in [4.69, 9.17) is 5.73 Å². The van der Waals surface area contributed by atoms with Crippen LogP contribution in [0.2, 0.25) is 0 Å². The number of thiophene rings is 1. The highest BCUT2D eigenvalue weighted by Crippen LogP contribution is 2.34. The van der Waals surface area contributed by atoms with Crippen molar-refractivity contribution in [3.8, 4) is 0 Å². The summed E-state index contributed by atoms with van der Waals surface area (Å²) in [6.45, 7) is 2.59. The third kappa shape index (κ3) is 3.12. The summed E-state index contributed by atoms with van der Waals surface area (Å²) in [5.41, 5.74) is 7.29. The van der Waals surface area contributed by atoms with Gasteiger partial charge in [-0.2, -0.15) is 5.10 Å². The van der Waals surface area contributed by atoms with Gasteiger partial charge in [-0.25, -0.2) is 9.07 Å². The molecule has 0 fully saturated rings. The van der Waals surface area contributed by atoms with E-state index in [-0.39, 0.29) is 24.3 Å². The van der Waals surface area contributed by atoms with Crippen LogP contribution in [0.3, 0.4) is 0 Å². The Morgan fingerprint density at radius 2 is 2.04 bits per heavy atom. The van der Waals surface area contributed by atoms with Crippen molar-refractivity contribution in [2.45, 2.75) is 26.4 Å². The van der Waals surface area contributed by atoms with Crippen LogP contribution < -0.4 is 11.3 Å². The number of carbonyl (C=O) groups excluding carboxylic acids is 1. The van der Waals surface area contributed by atoms with Crippen LogP contribution in [0.5, 0.6) is 0 Å². The van der Waals surface area contributed by atoms with Crippen molar-refractivity contribution in [1.29, 1.82) is 0 Å².